The Morgan fingerprint density at radius 2 is 2.00 bits per heavy atom. The third-order valence-corrected chi connectivity index (χ3v) is 6.41. The fourth-order valence-electron chi connectivity index (χ4n) is 4.82. The van der Waals surface area contributed by atoms with E-state index in [4.69, 9.17) is 4.74 Å². The van der Waals surface area contributed by atoms with E-state index >= 15 is 0 Å². The Labute approximate surface area is 160 Å². The summed E-state index contributed by atoms with van der Waals surface area (Å²) < 4.78 is 5.29. The molecule has 0 bridgehead atoms. The quantitative estimate of drug-likeness (QED) is 0.834. The van der Waals surface area contributed by atoms with E-state index in [1.54, 1.807) is 0 Å². The zero-order valence-electron chi connectivity index (χ0n) is 15.6. The topological polar surface area (TPSA) is 60.3 Å². The van der Waals surface area contributed by atoms with Gasteiger partial charge in [0, 0.05) is 31.4 Å². The Morgan fingerprint density at radius 1 is 1.15 bits per heavy atom. The summed E-state index contributed by atoms with van der Waals surface area (Å²) in [6.45, 7) is 4.18. The molecule has 3 heterocycles. The number of fused-ring (bicyclic) bond motifs is 1. The Kier molecular flexibility index (Phi) is 4.63. The first-order valence-electron chi connectivity index (χ1n) is 10.1. The van der Waals surface area contributed by atoms with Crippen LogP contribution in [0, 0.1) is 0 Å². The van der Waals surface area contributed by atoms with E-state index in [1.165, 1.54) is 11.1 Å². The van der Waals surface area contributed by atoms with E-state index in [-0.39, 0.29) is 12.1 Å². The van der Waals surface area contributed by atoms with Gasteiger partial charge in [-0.15, -0.1) is 0 Å². The second kappa shape index (κ2) is 7.26. The van der Waals surface area contributed by atoms with Crippen molar-refractivity contribution in [3.8, 4) is 0 Å². The molecule has 0 aromatic heterocycles. The molecule has 4 aliphatic rings. The van der Waals surface area contributed by atoms with Gasteiger partial charge >= 0.3 is 0 Å². The van der Waals surface area contributed by atoms with Gasteiger partial charge in [0.25, 0.3) is 0 Å². The zero-order valence-corrected chi connectivity index (χ0v) is 15.6. The third kappa shape index (κ3) is 3.37. The second-order valence-corrected chi connectivity index (χ2v) is 8.12. The van der Waals surface area contributed by atoms with Crippen LogP contribution in [0.1, 0.15) is 24.0 Å². The van der Waals surface area contributed by atoms with Crippen molar-refractivity contribution < 1.29 is 9.84 Å². The Morgan fingerprint density at radius 3 is 2.81 bits per heavy atom. The summed E-state index contributed by atoms with van der Waals surface area (Å²) >= 11 is 0. The molecule has 0 spiro atoms. The molecule has 3 atom stereocenters. The molecule has 1 saturated carbocycles. The van der Waals surface area contributed by atoms with Crippen LogP contribution in [0.15, 0.2) is 41.2 Å². The van der Waals surface area contributed by atoms with Crippen LogP contribution in [-0.2, 0) is 17.7 Å². The average molecular weight is 368 g/mol. The van der Waals surface area contributed by atoms with Crippen molar-refractivity contribution in [3.05, 3.63) is 47.3 Å². The third-order valence-electron chi connectivity index (χ3n) is 6.41. The van der Waals surface area contributed by atoms with Gasteiger partial charge in [-0.25, -0.2) is 0 Å². The van der Waals surface area contributed by atoms with Crippen molar-refractivity contribution in [2.24, 2.45) is 4.99 Å². The predicted octanol–water partition coefficient (Wildman–Crippen LogP) is 1.11. The number of aliphatic hydroxyl groups excluding tert-OH is 1. The summed E-state index contributed by atoms with van der Waals surface area (Å²) in [6, 6.07) is 9.65. The lowest BCUT2D eigenvalue weighted by molar-refractivity contribution is -0.00559. The highest BCUT2D eigenvalue weighted by Crippen LogP contribution is 2.33. The molecule has 144 valence electrons. The maximum Gasteiger partial charge on any atom is 0.111 e. The number of aliphatic hydroxyl groups is 1. The molecule has 0 amide bonds. The number of nitrogens with one attached hydrogen (secondary N) is 1. The highest BCUT2D eigenvalue weighted by atomic mass is 16.5. The monoisotopic (exact) mass is 368 g/mol. The van der Waals surface area contributed by atoms with Crippen LogP contribution < -0.4 is 5.32 Å². The van der Waals surface area contributed by atoms with Crippen molar-refractivity contribution in [1.82, 2.24) is 15.1 Å². The molecule has 27 heavy (non-hydrogen) atoms. The van der Waals surface area contributed by atoms with E-state index in [1.807, 2.05) is 6.21 Å². The summed E-state index contributed by atoms with van der Waals surface area (Å²) in [7, 11) is 0. The number of rotatable bonds is 4. The van der Waals surface area contributed by atoms with E-state index in [0.29, 0.717) is 18.8 Å². The van der Waals surface area contributed by atoms with Crippen LogP contribution in [0.3, 0.4) is 0 Å². The van der Waals surface area contributed by atoms with E-state index in [9.17, 15) is 5.11 Å². The number of nitrogens with zero attached hydrogens (tertiary/aromatic N) is 3. The fraction of sp³-hybridized carbons (Fsp3) is 0.571. The van der Waals surface area contributed by atoms with Crippen LogP contribution in [0.2, 0.25) is 0 Å². The standard InChI is InChI=1S/C21H28N4O2/c26-20-10-18(25-14-22-7-5-21(25)23-17-12-27-13-17)9-19(20)24-8-6-15-3-1-2-4-16(15)11-24/h1-5,7,17-20,23,26H,6,8-14H2. The summed E-state index contributed by atoms with van der Waals surface area (Å²) in [5, 5.41) is 14.4. The highest BCUT2D eigenvalue weighted by Gasteiger charge is 2.41. The number of ether oxygens (including phenoxy) is 1. The summed E-state index contributed by atoms with van der Waals surface area (Å²) in [6.07, 6.45) is 6.52. The first-order chi connectivity index (χ1) is 13.3. The van der Waals surface area contributed by atoms with Crippen molar-refractivity contribution in [2.75, 3.05) is 26.4 Å². The molecule has 2 N–H and O–H groups in total. The summed E-state index contributed by atoms with van der Waals surface area (Å²) in [5.41, 5.74) is 2.87. The van der Waals surface area contributed by atoms with Crippen LogP contribution in [0.25, 0.3) is 0 Å². The van der Waals surface area contributed by atoms with Gasteiger partial charge in [-0.2, -0.15) is 0 Å². The first kappa shape index (κ1) is 17.2. The maximum atomic E-state index is 10.8. The Hall–Kier alpha value is -1.89. The minimum absolute atomic E-state index is 0.225. The average Bonchev–Trinajstić information content (AvgIpc) is 3.06. The molecule has 1 aliphatic carbocycles. The fourth-order valence-corrected chi connectivity index (χ4v) is 4.82. The van der Waals surface area contributed by atoms with Crippen molar-refractivity contribution in [2.45, 2.75) is 50.0 Å². The molecule has 2 fully saturated rings. The van der Waals surface area contributed by atoms with Crippen LogP contribution in [-0.4, -0.2) is 71.8 Å². The number of aliphatic imine (C=N–C) groups is 1. The SMILES string of the molecule is OC1CC(N2CN=CC=C2NC2COC2)CC1N1CCc2ccccc2C1. The lowest BCUT2D eigenvalue weighted by atomic mass is 9.98. The highest BCUT2D eigenvalue weighted by molar-refractivity contribution is 5.72. The van der Waals surface area contributed by atoms with Crippen molar-refractivity contribution >= 4 is 6.21 Å². The van der Waals surface area contributed by atoms with Gasteiger partial charge in [0.15, 0.2) is 0 Å². The van der Waals surface area contributed by atoms with E-state index in [2.05, 4.69) is 50.5 Å². The molecule has 3 unspecified atom stereocenters. The molecule has 1 aromatic rings. The number of hydrogen-bond acceptors (Lipinski definition) is 6. The van der Waals surface area contributed by atoms with Crippen LogP contribution in [0.5, 0.6) is 0 Å². The van der Waals surface area contributed by atoms with E-state index in [0.717, 1.165) is 51.4 Å². The molecular weight excluding hydrogens is 340 g/mol. The van der Waals surface area contributed by atoms with Crippen LogP contribution in [0.4, 0.5) is 0 Å². The van der Waals surface area contributed by atoms with Gasteiger partial charge in [0.05, 0.1) is 25.4 Å². The summed E-state index contributed by atoms with van der Waals surface area (Å²) in [4.78, 5) is 9.27. The number of benzene rings is 1. The molecule has 6 nitrogen and oxygen atoms in total. The van der Waals surface area contributed by atoms with Crippen molar-refractivity contribution in [3.63, 3.8) is 0 Å². The lowest BCUT2D eigenvalue weighted by Crippen LogP contribution is -2.51. The minimum Gasteiger partial charge on any atom is -0.391 e. The molecular formula is C21H28N4O2. The first-order valence-corrected chi connectivity index (χ1v) is 10.1. The second-order valence-electron chi connectivity index (χ2n) is 8.12. The number of hydrogen-bond donors (Lipinski definition) is 2. The Balaban J connectivity index is 1.27. The van der Waals surface area contributed by atoms with Gasteiger partial charge in [-0.3, -0.25) is 9.89 Å². The van der Waals surface area contributed by atoms with Gasteiger partial charge < -0.3 is 20.1 Å². The summed E-state index contributed by atoms with van der Waals surface area (Å²) in [5.74, 6) is 1.13. The minimum atomic E-state index is -0.278. The molecule has 0 radical (unpaired) electrons. The predicted molar refractivity (Wildman–Crippen MR) is 104 cm³/mol. The van der Waals surface area contributed by atoms with Gasteiger partial charge in [-0.1, -0.05) is 24.3 Å². The molecule has 1 aromatic carbocycles. The lowest BCUT2D eigenvalue weighted by Gasteiger charge is -2.38. The molecule has 6 heteroatoms. The number of allylic oxidation sites excluding steroid dienone is 1. The van der Waals surface area contributed by atoms with Crippen LogP contribution >= 0.6 is 0 Å². The largest absolute Gasteiger partial charge is 0.391 e. The normalized spacial score (nSPS) is 31.4. The molecule has 3 aliphatic heterocycles. The zero-order chi connectivity index (χ0) is 18.2. The van der Waals surface area contributed by atoms with Gasteiger partial charge in [-0.05, 0) is 36.5 Å². The van der Waals surface area contributed by atoms with Crippen molar-refractivity contribution in [1.29, 1.82) is 0 Å². The molecule has 5 rings (SSSR count). The Bertz CT molecular complexity index is 745. The van der Waals surface area contributed by atoms with Gasteiger partial charge in [0.1, 0.15) is 12.5 Å². The van der Waals surface area contributed by atoms with Gasteiger partial charge in [0.2, 0.25) is 0 Å². The maximum absolute atomic E-state index is 10.8. The molecule has 1 saturated heterocycles. The van der Waals surface area contributed by atoms with E-state index < -0.39 is 0 Å². The smallest absolute Gasteiger partial charge is 0.111 e.